The Hall–Kier alpha value is -0.690. The van der Waals surface area contributed by atoms with Crippen LogP contribution in [0.4, 0.5) is 0 Å². The van der Waals surface area contributed by atoms with E-state index in [1.807, 2.05) is 0 Å². The fourth-order valence-corrected chi connectivity index (χ4v) is 1.12. The maximum atomic E-state index is 10.3. The molecule has 0 aromatic carbocycles. The number of rotatable bonds is 2. The maximum Gasteiger partial charge on any atom is 0.240 e. The van der Waals surface area contributed by atoms with Crippen LogP contribution in [-0.2, 0) is 14.8 Å². The van der Waals surface area contributed by atoms with E-state index in [2.05, 4.69) is 20.6 Å². The summed E-state index contributed by atoms with van der Waals surface area (Å²) in [6, 6.07) is 0. The molecule has 0 fully saturated rings. The normalized spacial score (nSPS) is 11.7. The topological polar surface area (TPSA) is 88.6 Å². The fraction of sp³-hybridized carbons (Fsp3) is 0.500. The van der Waals surface area contributed by atoms with E-state index in [4.69, 9.17) is 10.7 Å². The summed E-state index contributed by atoms with van der Waals surface area (Å²) in [5.41, 5.74) is 0. The van der Waals surface area contributed by atoms with Crippen molar-refractivity contribution in [3.8, 4) is 0 Å². The molecule has 56 valence electrons. The SMILES string of the molecule is O=S(=O)(Cl)Cc1nn[nH]n1. The number of nitrogens with one attached hydrogen (secondary N) is 1. The van der Waals surface area contributed by atoms with Crippen LogP contribution in [0.15, 0.2) is 0 Å². The first-order chi connectivity index (χ1) is 4.58. The van der Waals surface area contributed by atoms with Crippen LogP contribution < -0.4 is 0 Å². The van der Waals surface area contributed by atoms with E-state index in [0.717, 1.165) is 0 Å². The Labute approximate surface area is 61.0 Å². The lowest BCUT2D eigenvalue weighted by molar-refractivity contribution is 0.607. The van der Waals surface area contributed by atoms with Crippen LogP contribution in [0.25, 0.3) is 0 Å². The summed E-state index contributed by atoms with van der Waals surface area (Å²) in [6.45, 7) is 0. The molecular weight excluding hydrogens is 180 g/mol. The predicted molar refractivity (Wildman–Crippen MR) is 32.7 cm³/mol. The van der Waals surface area contributed by atoms with E-state index in [1.54, 1.807) is 0 Å². The van der Waals surface area contributed by atoms with Gasteiger partial charge in [-0.3, -0.25) is 0 Å². The van der Waals surface area contributed by atoms with Crippen molar-refractivity contribution in [3.63, 3.8) is 0 Å². The first kappa shape index (κ1) is 7.42. The Bertz CT molecular complexity index is 291. The van der Waals surface area contributed by atoms with Crippen LogP contribution in [0.2, 0.25) is 0 Å². The van der Waals surface area contributed by atoms with Gasteiger partial charge in [-0.15, -0.1) is 10.2 Å². The van der Waals surface area contributed by atoms with Gasteiger partial charge in [0, 0.05) is 10.7 Å². The van der Waals surface area contributed by atoms with Crippen LogP contribution in [0.1, 0.15) is 5.82 Å². The van der Waals surface area contributed by atoms with Crippen molar-refractivity contribution in [1.29, 1.82) is 0 Å². The van der Waals surface area contributed by atoms with E-state index >= 15 is 0 Å². The van der Waals surface area contributed by atoms with Crippen molar-refractivity contribution < 1.29 is 8.42 Å². The minimum atomic E-state index is -3.56. The molecule has 0 saturated heterocycles. The Morgan fingerprint density at radius 1 is 1.60 bits per heavy atom. The van der Waals surface area contributed by atoms with E-state index in [9.17, 15) is 8.42 Å². The quantitative estimate of drug-likeness (QED) is 0.609. The van der Waals surface area contributed by atoms with Crippen LogP contribution in [0.3, 0.4) is 0 Å². The lowest BCUT2D eigenvalue weighted by Gasteiger charge is -1.84. The van der Waals surface area contributed by atoms with E-state index < -0.39 is 14.8 Å². The second-order valence-corrected chi connectivity index (χ2v) is 4.29. The van der Waals surface area contributed by atoms with Gasteiger partial charge in [-0.05, 0) is 0 Å². The summed E-state index contributed by atoms with van der Waals surface area (Å²) in [4.78, 5) is 0. The molecule has 0 radical (unpaired) electrons. The molecule has 0 aliphatic carbocycles. The average Bonchev–Trinajstić information content (AvgIpc) is 2.12. The summed E-state index contributed by atoms with van der Waals surface area (Å²) in [7, 11) is 1.32. The van der Waals surface area contributed by atoms with Gasteiger partial charge in [0.15, 0.2) is 5.82 Å². The number of nitrogens with zero attached hydrogens (tertiary/aromatic N) is 3. The monoisotopic (exact) mass is 182 g/mol. The van der Waals surface area contributed by atoms with Crippen LogP contribution >= 0.6 is 10.7 Å². The van der Waals surface area contributed by atoms with E-state index in [0.29, 0.717) is 0 Å². The molecule has 1 heterocycles. The summed E-state index contributed by atoms with van der Waals surface area (Å²) in [6.07, 6.45) is 0. The number of H-pyrrole nitrogens is 1. The van der Waals surface area contributed by atoms with Gasteiger partial charge in [-0.2, -0.15) is 5.21 Å². The zero-order chi connectivity index (χ0) is 7.61. The Kier molecular flexibility index (Phi) is 1.86. The standard InChI is InChI=1S/C2H3ClN4O2S/c3-10(8,9)1-2-4-6-7-5-2/h1H2,(H,4,5,6,7). The molecule has 0 amide bonds. The summed E-state index contributed by atoms with van der Waals surface area (Å²) < 4.78 is 20.7. The van der Waals surface area contributed by atoms with Gasteiger partial charge in [0.05, 0.1) is 0 Å². The van der Waals surface area contributed by atoms with Gasteiger partial charge in [-0.25, -0.2) is 8.42 Å². The molecule has 10 heavy (non-hydrogen) atoms. The Balaban J connectivity index is 2.75. The molecule has 0 bridgehead atoms. The predicted octanol–water partition coefficient (Wildman–Crippen LogP) is -0.732. The lowest BCUT2D eigenvalue weighted by atomic mass is 10.8. The highest BCUT2D eigenvalue weighted by molar-refractivity contribution is 8.13. The van der Waals surface area contributed by atoms with Gasteiger partial charge in [-0.1, -0.05) is 5.21 Å². The van der Waals surface area contributed by atoms with Crippen molar-refractivity contribution >= 4 is 19.7 Å². The molecule has 0 aliphatic rings. The highest BCUT2D eigenvalue weighted by Gasteiger charge is 2.09. The third-order valence-electron chi connectivity index (χ3n) is 0.691. The molecule has 1 rings (SSSR count). The molecule has 0 unspecified atom stereocenters. The lowest BCUT2D eigenvalue weighted by Crippen LogP contribution is -1.96. The number of halogens is 1. The highest BCUT2D eigenvalue weighted by atomic mass is 35.7. The number of hydrogen-bond acceptors (Lipinski definition) is 5. The van der Waals surface area contributed by atoms with Crippen molar-refractivity contribution in [1.82, 2.24) is 20.6 Å². The molecule has 0 atom stereocenters. The Morgan fingerprint density at radius 2 is 2.30 bits per heavy atom. The van der Waals surface area contributed by atoms with E-state index in [-0.39, 0.29) is 5.82 Å². The molecule has 1 N–H and O–H groups in total. The number of aromatic nitrogens is 4. The van der Waals surface area contributed by atoms with Crippen LogP contribution in [0.5, 0.6) is 0 Å². The largest absolute Gasteiger partial charge is 0.240 e. The summed E-state index contributed by atoms with van der Waals surface area (Å²) >= 11 is 0. The molecule has 1 aromatic heterocycles. The van der Waals surface area contributed by atoms with Crippen molar-refractivity contribution in [2.75, 3.05) is 0 Å². The molecule has 1 aromatic rings. The first-order valence-corrected chi connectivity index (χ1v) is 4.70. The number of aromatic amines is 1. The first-order valence-electron chi connectivity index (χ1n) is 2.22. The summed E-state index contributed by atoms with van der Waals surface area (Å²) in [5, 5.41) is 12.0. The number of hydrogen-bond donors (Lipinski definition) is 1. The Morgan fingerprint density at radius 3 is 2.70 bits per heavy atom. The molecule has 8 heteroatoms. The zero-order valence-electron chi connectivity index (χ0n) is 4.65. The molecule has 0 aliphatic heterocycles. The second kappa shape index (κ2) is 2.51. The maximum absolute atomic E-state index is 10.3. The third-order valence-corrected chi connectivity index (χ3v) is 1.62. The zero-order valence-corrected chi connectivity index (χ0v) is 6.22. The number of tetrazole rings is 1. The van der Waals surface area contributed by atoms with Crippen LogP contribution in [-0.4, -0.2) is 29.0 Å². The van der Waals surface area contributed by atoms with Gasteiger partial charge in [0.25, 0.3) is 0 Å². The highest BCUT2D eigenvalue weighted by Crippen LogP contribution is 2.01. The fourth-order valence-electron chi connectivity index (χ4n) is 0.398. The van der Waals surface area contributed by atoms with Gasteiger partial charge < -0.3 is 0 Å². The molecular formula is C2H3ClN4O2S. The molecule has 0 saturated carbocycles. The van der Waals surface area contributed by atoms with Gasteiger partial charge >= 0.3 is 0 Å². The molecule has 0 spiro atoms. The minimum absolute atomic E-state index is 0.0648. The summed E-state index contributed by atoms with van der Waals surface area (Å²) in [5.74, 6) is -0.333. The van der Waals surface area contributed by atoms with Gasteiger partial charge in [0.1, 0.15) is 5.75 Å². The molecule has 6 nitrogen and oxygen atoms in total. The van der Waals surface area contributed by atoms with E-state index in [1.165, 1.54) is 0 Å². The van der Waals surface area contributed by atoms with Crippen molar-refractivity contribution in [3.05, 3.63) is 5.82 Å². The third kappa shape index (κ3) is 2.28. The second-order valence-electron chi connectivity index (χ2n) is 1.51. The van der Waals surface area contributed by atoms with Crippen molar-refractivity contribution in [2.45, 2.75) is 5.75 Å². The van der Waals surface area contributed by atoms with Crippen molar-refractivity contribution in [2.24, 2.45) is 0 Å². The van der Waals surface area contributed by atoms with Crippen LogP contribution in [0, 0.1) is 0 Å². The minimum Gasteiger partial charge on any atom is -0.212 e. The van der Waals surface area contributed by atoms with Gasteiger partial charge in [0.2, 0.25) is 9.05 Å². The average molecular weight is 183 g/mol. The smallest absolute Gasteiger partial charge is 0.212 e.